The molecule has 0 saturated heterocycles. The average molecular weight is 548 g/mol. The topological polar surface area (TPSA) is 36.4 Å². The Labute approximate surface area is 244 Å². The van der Waals surface area contributed by atoms with Gasteiger partial charge in [0.05, 0.1) is 6.54 Å². The van der Waals surface area contributed by atoms with Gasteiger partial charge in [0.2, 0.25) is 0 Å². The number of rotatable bonds is 8. The molecule has 0 bridgehead atoms. The van der Waals surface area contributed by atoms with Gasteiger partial charge in [-0.05, 0) is 48.0 Å². The van der Waals surface area contributed by atoms with Crippen molar-refractivity contribution in [1.82, 2.24) is 0 Å². The van der Waals surface area contributed by atoms with Crippen LogP contribution in [0.1, 0.15) is 122 Å². The Balaban J connectivity index is 0.000000281. The molecule has 0 unspecified atom stereocenters. The van der Waals surface area contributed by atoms with E-state index in [0.29, 0.717) is 23.7 Å². The molecule has 0 amide bonds. The first-order valence-electron chi connectivity index (χ1n) is 14.1. The number of para-hydroxylation sites is 2. The summed E-state index contributed by atoms with van der Waals surface area (Å²) in [5, 5.41) is 7.21. The molecule has 0 atom stereocenters. The van der Waals surface area contributed by atoms with Gasteiger partial charge in [-0.2, -0.15) is 0 Å². The van der Waals surface area contributed by atoms with Crippen molar-refractivity contribution in [3.05, 3.63) is 81.6 Å². The number of nitrogens with one attached hydrogen (secondary N) is 2. The van der Waals surface area contributed by atoms with E-state index in [1.54, 1.807) is 0 Å². The molecule has 3 nitrogen and oxygen atoms in total. The first-order valence-corrected chi connectivity index (χ1v) is 14.8. The normalized spacial score (nSPS) is 14.4. The Morgan fingerprint density at radius 2 is 1.11 bits per heavy atom. The van der Waals surface area contributed by atoms with Crippen LogP contribution in [0.4, 0.5) is 11.4 Å². The van der Waals surface area contributed by atoms with Crippen LogP contribution >= 0.6 is 0 Å². The second-order valence-corrected chi connectivity index (χ2v) is 12.8. The zero-order valence-electron chi connectivity index (χ0n) is 25.6. The van der Waals surface area contributed by atoms with Gasteiger partial charge in [-0.1, -0.05) is 52.0 Å². The van der Waals surface area contributed by atoms with Crippen molar-refractivity contribution in [2.75, 3.05) is 17.2 Å². The quantitative estimate of drug-likeness (QED) is 0.323. The van der Waals surface area contributed by atoms with Crippen molar-refractivity contribution in [2.45, 2.75) is 99.8 Å². The van der Waals surface area contributed by atoms with Crippen molar-refractivity contribution in [3.8, 4) is 0 Å². The fourth-order valence-corrected chi connectivity index (χ4v) is 4.91. The number of dihydropyridines is 1. The summed E-state index contributed by atoms with van der Waals surface area (Å²) >= 11 is 2.11. The average Bonchev–Trinajstić information content (AvgIpc) is 2.83. The van der Waals surface area contributed by atoms with Gasteiger partial charge >= 0.3 is 111 Å². The molecular weight excluding hydrogens is 498 g/mol. The number of hydrogen-bond acceptors (Lipinski definition) is 3. The number of allylic oxidation sites excluding steroid dienone is 2. The van der Waals surface area contributed by atoms with Crippen LogP contribution in [0.3, 0.4) is 0 Å². The molecule has 0 saturated carbocycles. The number of hydrogen-bond donors (Lipinski definition) is 2. The third kappa shape index (κ3) is 8.92. The van der Waals surface area contributed by atoms with Crippen molar-refractivity contribution >= 4 is 21.5 Å². The van der Waals surface area contributed by atoms with E-state index in [-0.39, 0.29) is 0 Å². The second-order valence-electron chi connectivity index (χ2n) is 11.6. The third-order valence-corrected chi connectivity index (χ3v) is 7.01. The molecule has 0 aromatic heterocycles. The van der Waals surface area contributed by atoms with E-state index in [2.05, 4.69) is 154 Å². The SMILES string of the molecule is CC1=CC(=C(C)Nc2c(C(C)C)cccc2C(C)C)CN=C1.C[C](=[Ti])Nc1c(C(C)C)cccc1C(C)C. The Hall–Kier alpha value is -2.23. The zero-order valence-corrected chi connectivity index (χ0v) is 27.1. The molecule has 38 heavy (non-hydrogen) atoms. The minimum atomic E-state index is 0.501. The Morgan fingerprint density at radius 1 is 0.711 bits per heavy atom. The van der Waals surface area contributed by atoms with Crippen LogP contribution in [-0.4, -0.2) is 16.7 Å². The van der Waals surface area contributed by atoms with E-state index in [4.69, 9.17) is 0 Å². The summed E-state index contributed by atoms with van der Waals surface area (Å²) in [6.07, 6.45) is 4.17. The number of benzene rings is 2. The maximum absolute atomic E-state index is 4.43. The summed E-state index contributed by atoms with van der Waals surface area (Å²) in [5.74, 6) is 2.11. The molecule has 2 aromatic rings. The monoisotopic (exact) mass is 547 g/mol. The minimum absolute atomic E-state index is 0.501. The molecule has 0 radical (unpaired) electrons. The van der Waals surface area contributed by atoms with Crippen LogP contribution in [0.2, 0.25) is 0 Å². The van der Waals surface area contributed by atoms with Gasteiger partial charge in [-0.25, -0.2) is 0 Å². The fraction of sp³-hybridized carbons (Fsp3) is 0.471. The van der Waals surface area contributed by atoms with E-state index in [9.17, 15) is 0 Å². The van der Waals surface area contributed by atoms with E-state index < -0.39 is 0 Å². The first kappa shape index (κ1) is 32.0. The number of nitrogens with zero attached hydrogens (tertiary/aromatic N) is 1. The molecule has 4 heteroatoms. The van der Waals surface area contributed by atoms with Gasteiger partial charge in [-0.15, -0.1) is 0 Å². The Bertz CT molecular complexity index is 1140. The Morgan fingerprint density at radius 3 is 1.45 bits per heavy atom. The molecule has 3 rings (SSSR count). The van der Waals surface area contributed by atoms with E-state index in [0.717, 1.165) is 6.54 Å². The van der Waals surface area contributed by atoms with Gasteiger partial charge in [0.1, 0.15) is 0 Å². The van der Waals surface area contributed by atoms with Gasteiger partial charge in [0, 0.05) is 17.6 Å². The maximum atomic E-state index is 4.43. The third-order valence-electron chi connectivity index (χ3n) is 6.81. The van der Waals surface area contributed by atoms with E-state index >= 15 is 0 Å². The van der Waals surface area contributed by atoms with Crippen LogP contribution in [0, 0.1) is 0 Å². The van der Waals surface area contributed by atoms with Crippen LogP contribution in [0.5, 0.6) is 0 Å². The number of anilines is 2. The summed E-state index contributed by atoms with van der Waals surface area (Å²) in [4.78, 5) is 4.43. The molecule has 2 N–H and O–H groups in total. The van der Waals surface area contributed by atoms with Crippen molar-refractivity contribution < 1.29 is 20.0 Å². The molecule has 2 aromatic carbocycles. The Kier molecular flexibility index (Phi) is 12.5. The van der Waals surface area contributed by atoms with Gasteiger partial charge in [-0.3, -0.25) is 4.99 Å². The summed E-state index contributed by atoms with van der Waals surface area (Å²) < 4.78 is 1.25. The van der Waals surface area contributed by atoms with Crippen LogP contribution < -0.4 is 10.6 Å². The van der Waals surface area contributed by atoms with Gasteiger partial charge in [0.15, 0.2) is 0 Å². The van der Waals surface area contributed by atoms with Crippen molar-refractivity contribution in [3.63, 3.8) is 0 Å². The molecule has 0 fully saturated rings. The van der Waals surface area contributed by atoms with Crippen molar-refractivity contribution in [2.24, 2.45) is 4.99 Å². The second kappa shape index (κ2) is 14.8. The van der Waals surface area contributed by atoms with E-state index in [1.807, 2.05) is 6.21 Å². The molecule has 1 aliphatic rings. The molecule has 1 heterocycles. The summed E-state index contributed by atoms with van der Waals surface area (Å²) in [6, 6.07) is 13.3. The first-order chi connectivity index (χ1) is 17.8. The fourth-order valence-electron chi connectivity index (χ4n) is 4.72. The molecule has 0 spiro atoms. The van der Waals surface area contributed by atoms with Crippen LogP contribution in [-0.2, 0) is 20.0 Å². The van der Waals surface area contributed by atoms with Gasteiger partial charge in [0.25, 0.3) is 0 Å². The summed E-state index contributed by atoms with van der Waals surface area (Å²) in [6.45, 7) is 25.1. The van der Waals surface area contributed by atoms with Gasteiger partial charge < -0.3 is 5.32 Å². The predicted molar refractivity (Wildman–Crippen MR) is 167 cm³/mol. The molecule has 0 aliphatic carbocycles. The molecule has 1 aliphatic heterocycles. The predicted octanol–water partition coefficient (Wildman–Crippen LogP) is 9.69. The summed E-state index contributed by atoms with van der Waals surface area (Å²) in [5.41, 5.74) is 11.9. The summed E-state index contributed by atoms with van der Waals surface area (Å²) in [7, 11) is 0. The van der Waals surface area contributed by atoms with E-state index in [1.165, 1.54) is 54.4 Å². The van der Waals surface area contributed by atoms with Crippen LogP contribution in [0.25, 0.3) is 0 Å². The zero-order chi connectivity index (χ0) is 28.6. The molecular formula is C34H49N3Ti. The standard InChI is InChI=1S/C20H28N2.C14H21N.Ti/c1-13(2)18-8-7-9-19(14(3)4)20(18)22-16(6)17-10-15(5)11-21-12-17;1-6-15-14-12(10(2)3)8-7-9-13(14)11(4)5;/h7-11,13-14,22H,12H2,1-6H3;7-11,15H,1-5H3;. The van der Waals surface area contributed by atoms with Crippen molar-refractivity contribution in [1.29, 1.82) is 0 Å². The van der Waals surface area contributed by atoms with Crippen LogP contribution in [0.15, 0.2) is 64.3 Å². The molecule has 204 valence electrons. The number of aliphatic imine (C=N–C) groups is 1.